The molecule has 0 radical (unpaired) electrons. The predicted octanol–water partition coefficient (Wildman–Crippen LogP) is 4.21. The van der Waals surface area contributed by atoms with E-state index in [9.17, 15) is 18.3 Å². The molecule has 44 heavy (non-hydrogen) atoms. The van der Waals surface area contributed by atoms with Crippen LogP contribution in [0.25, 0.3) is 11.1 Å². The zero-order chi connectivity index (χ0) is 30.7. The van der Waals surface area contributed by atoms with Crippen molar-refractivity contribution in [2.45, 2.75) is 42.8 Å². The molecule has 0 unspecified atom stereocenters. The van der Waals surface area contributed by atoms with Crippen LogP contribution in [-0.4, -0.2) is 70.0 Å². The number of benzene rings is 3. The number of aliphatic hydroxyl groups is 1. The molecule has 10 heteroatoms. The predicted molar refractivity (Wildman–Crippen MR) is 166 cm³/mol. The minimum atomic E-state index is -3.89. The van der Waals surface area contributed by atoms with E-state index in [0.29, 0.717) is 24.6 Å². The van der Waals surface area contributed by atoms with Gasteiger partial charge in [-0.05, 0) is 83.3 Å². The van der Waals surface area contributed by atoms with Crippen LogP contribution in [0.5, 0.6) is 5.75 Å². The summed E-state index contributed by atoms with van der Waals surface area (Å²) in [5.41, 5.74) is 6.10. The Morgan fingerprint density at radius 2 is 1.80 bits per heavy atom. The SMILES string of the molecule is COc1ccc(S(=O)(=O)N(CCO)CCO[C@H]2C[C@@H](c3cccc4c3Cc3ccccc3-4)C=C(C(=O)NCC3CC3)O2)cc1. The Morgan fingerprint density at radius 1 is 1.02 bits per heavy atom. The third kappa shape index (κ3) is 6.53. The second kappa shape index (κ2) is 13.1. The van der Waals surface area contributed by atoms with E-state index >= 15 is 0 Å². The number of nitrogens with one attached hydrogen (secondary N) is 1. The quantitative estimate of drug-likeness (QED) is 0.231. The number of methoxy groups -OCH3 is 1. The molecule has 6 rings (SSSR count). The lowest BCUT2D eigenvalue weighted by Crippen LogP contribution is -2.38. The summed E-state index contributed by atoms with van der Waals surface area (Å²) in [6.45, 7) is 0.208. The van der Waals surface area contributed by atoms with Gasteiger partial charge in [-0.3, -0.25) is 4.79 Å². The van der Waals surface area contributed by atoms with Gasteiger partial charge in [-0.1, -0.05) is 42.5 Å². The molecule has 3 aromatic carbocycles. The lowest BCUT2D eigenvalue weighted by atomic mass is 9.87. The molecule has 2 N–H and O–H groups in total. The van der Waals surface area contributed by atoms with Gasteiger partial charge in [-0.2, -0.15) is 4.31 Å². The van der Waals surface area contributed by atoms with Gasteiger partial charge in [0, 0.05) is 32.0 Å². The zero-order valence-corrected chi connectivity index (χ0v) is 25.6. The third-order valence-corrected chi connectivity index (χ3v) is 10.4. The van der Waals surface area contributed by atoms with Crippen molar-refractivity contribution in [3.8, 4) is 16.9 Å². The molecule has 2 aliphatic carbocycles. The van der Waals surface area contributed by atoms with Crippen molar-refractivity contribution < 1.29 is 32.5 Å². The maximum absolute atomic E-state index is 13.3. The summed E-state index contributed by atoms with van der Waals surface area (Å²) >= 11 is 0. The Bertz CT molecular complexity index is 1630. The van der Waals surface area contributed by atoms with E-state index in [4.69, 9.17) is 14.2 Å². The van der Waals surface area contributed by atoms with Crippen LogP contribution in [0, 0.1) is 5.92 Å². The fourth-order valence-corrected chi connectivity index (χ4v) is 7.37. The summed E-state index contributed by atoms with van der Waals surface area (Å²) in [5.74, 6) is 0.888. The van der Waals surface area contributed by atoms with E-state index in [0.717, 1.165) is 24.8 Å². The molecule has 1 amide bonds. The van der Waals surface area contributed by atoms with Crippen LogP contribution in [0.15, 0.2) is 83.5 Å². The minimum Gasteiger partial charge on any atom is -0.497 e. The van der Waals surface area contributed by atoms with Crippen molar-refractivity contribution in [1.29, 1.82) is 0 Å². The van der Waals surface area contributed by atoms with Crippen LogP contribution >= 0.6 is 0 Å². The number of amides is 1. The van der Waals surface area contributed by atoms with Gasteiger partial charge in [0.05, 0.1) is 25.2 Å². The van der Waals surface area contributed by atoms with Crippen molar-refractivity contribution in [2.24, 2.45) is 5.92 Å². The van der Waals surface area contributed by atoms with Crippen LogP contribution in [-0.2, 0) is 30.7 Å². The van der Waals surface area contributed by atoms with Gasteiger partial charge in [-0.25, -0.2) is 8.42 Å². The fourth-order valence-electron chi connectivity index (χ4n) is 5.96. The first-order valence-corrected chi connectivity index (χ1v) is 16.5. The normalized spacial score (nSPS) is 19.1. The minimum absolute atomic E-state index is 0.00240. The topological polar surface area (TPSA) is 114 Å². The first-order valence-electron chi connectivity index (χ1n) is 15.1. The number of hydrogen-bond donors (Lipinski definition) is 2. The summed E-state index contributed by atoms with van der Waals surface area (Å²) in [6, 6.07) is 20.8. The zero-order valence-electron chi connectivity index (χ0n) is 24.8. The molecule has 1 aliphatic heterocycles. The fraction of sp³-hybridized carbons (Fsp3) is 0.382. The highest BCUT2D eigenvalue weighted by Gasteiger charge is 2.33. The van der Waals surface area contributed by atoms with Crippen LogP contribution in [0.4, 0.5) is 0 Å². The molecular formula is C34H38N2O7S. The molecule has 1 saturated carbocycles. The highest BCUT2D eigenvalue weighted by Crippen LogP contribution is 2.43. The third-order valence-electron chi connectivity index (χ3n) is 8.51. The number of carbonyl (C=O) groups excluding carboxylic acids is 1. The number of fused-ring (bicyclic) bond motifs is 3. The number of ether oxygens (including phenoxy) is 3. The first kappa shape index (κ1) is 30.3. The molecule has 2 atom stereocenters. The van der Waals surface area contributed by atoms with Crippen molar-refractivity contribution in [1.82, 2.24) is 9.62 Å². The van der Waals surface area contributed by atoms with E-state index < -0.39 is 16.3 Å². The second-order valence-corrected chi connectivity index (χ2v) is 13.4. The Hall–Kier alpha value is -3.70. The molecule has 0 bridgehead atoms. The summed E-state index contributed by atoms with van der Waals surface area (Å²) in [7, 11) is -2.38. The van der Waals surface area contributed by atoms with Gasteiger partial charge in [-0.15, -0.1) is 0 Å². The molecule has 3 aromatic rings. The number of allylic oxidation sites excluding steroid dienone is 1. The largest absolute Gasteiger partial charge is 0.497 e. The van der Waals surface area contributed by atoms with Crippen molar-refractivity contribution >= 4 is 15.9 Å². The number of nitrogens with zero attached hydrogens (tertiary/aromatic N) is 1. The highest BCUT2D eigenvalue weighted by molar-refractivity contribution is 7.89. The molecule has 3 aliphatic rings. The summed E-state index contributed by atoms with van der Waals surface area (Å²) < 4.78 is 45.2. The smallest absolute Gasteiger partial charge is 0.286 e. The number of hydrogen-bond acceptors (Lipinski definition) is 7. The molecule has 232 valence electrons. The van der Waals surface area contributed by atoms with Crippen LogP contribution < -0.4 is 10.1 Å². The Balaban J connectivity index is 1.19. The lowest BCUT2D eigenvalue weighted by Gasteiger charge is -2.31. The van der Waals surface area contributed by atoms with Gasteiger partial charge < -0.3 is 24.6 Å². The monoisotopic (exact) mass is 618 g/mol. The molecule has 0 spiro atoms. The van der Waals surface area contributed by atoms with Gasteiger partial charge in [0.15, 0.2) is 5.76 Å². The van der Waals surface area contributed by atoms with Crippen LogP contribution in [0.2, 0.25) is 0 Å². The van der Waals surface area contributed by atoms with E-state index in [2.05, 4.69) is 47.8 Å². The average Bonchev–Trinajstić information content (AvgIpc) is 3.80. The van der Waals surface area contributed by atoms with Gasteiger partial charge in [0.25, 0.3) is 5.91 Å². The molecule has 0 aromatic heterocycles. The summed E-state index contributed by atoms with van der Waals surface area (Å²) in [4.78, 5) is 13.3. The lowest BCUT2D eigenvalue weighted by molar-refractivity contribution is -0.146. The van der Waals surface area contributed by atoms with Gasteiger partial charge >= 0.3 is 0 Å². The summed E-state index contributed by atoms with van der Waals surface area (Å²) in [6.07, 6.45) is 4.67. The standard InChI is InChI=1S/C34H38N2O7S/c1-41-26-11-13-27(14-12-26)44(39,40)36(15-17-37)16-18-42-33-21-25(20-32(43-33)34(38)35-22-23-9-10-23)29-7-4-8-30-28-6-3-2-5-24(28)19-31(29)30/h2-8,11-14,20,23,25,33,37H,9-10,15-19,21-22H2,1H3,(H,35,38)/t25-,33+/m0/s1. The number of carbonyl (C=O) groups is 1. The van der Waals surface area contributed by atoms with E-state index in [1.807, 2.05) is 6.08 Å². The van der Waals surface area contributed by atoms with E-state index in [-0.39, 0.29) is 48.8 Å². The van der Waals surface area contributed by atoms with E-state index in [1.165, 1.54) is 45.8 Å². The second-order valence-electron chi connectivity index (χ2n) is 11.5. The maximum atomic E-state index is 13.3. The van der Waals surface area contributed by atoms with Crippen LogP contribution in [0.1, 0.15) is 41.9 Å². The van der Waals surface area contributed by atoms with Crippen molar-refractivity contribution in [2.75, 3.05) is 40.0 Å². The van der Waals surface area contributed by atoms with Gasteiger partial charge in [0.2, 0.25) is 16.3 Å². The summed E-state index contributed by atoms with van der Waals surface area (Å²) in [5, 5.41) is 12.6. The highest BCUT2D eigenvalue weighted by atomic mass is 32.2. The Morgan fingerprint density at radius 3 is 2.55 bits per heavy atom. The Labute approximate surface area is 258 Å². The van der Waals surface area contributed by atoms with Crippen molar-refractivity contribution in [3.05, 3.63) is 95.3 Å². The number of rotatable bonds is 13. The first-order chi connectivity index (χ1) is 21.4. The Kier molecular flexibility index (Phi) is 9.04. The number of sulfonamides is 1. The van der Waals surface area contributed by atoms with Gasteiger partial charge in [0.1, 0.15) is 5.75 Å². The maximum Gasteiger partial charge on any atom is 0.286 e. The molecule has 1 fully saturated rings. The van der Waals surface area contributed by atoms with Crippen molar-refractivity contribution in [3.63, 3.8) is 0 Å². The average molecular weight is 619 g/mol. The number of aliphatic hydroxyl groups excluding tert-OH is 1. The molecular weight excluding hydrogens is 580 g/mol. The van der Waals surface area contributed by atoms with E-state index in [1.54, 1.807) is 12.1 Å². The molecule has 1 heterocycles. The molecule has 9 nitrogen and oxygen atoms in total. The van der Waals surface area contributed by atoms with Crippen LogP contribution in [0.3, 0.4) is 0 Å². The molecule has 0 saturated heterocycles.